The zero-order valence-electron chi connectivity index (χ0n) is 12.0. The second-order valence-electron chi connectivity index (χ2n) is 4.25. The number of halogens is 2. The molecule has 0 N–H and O–H groups in total. The fraction of sp³-hybridized carbons (Fsp3) is 0.400. The lowest BCUT2D eigenvalue weighted by Gasteiger charge is -2.19. The number of rotatable bonds is 9. The first-order chi connectivity index (χ1) is 10.1. The monoisotopic (exact) mass is 331 g/mol. The van der Waals surface area contributed by atoms with Crippen molar-refractivity contribution in [1.29, 1.82) is 0 Å². The predicted octanol–water partition coefficient (Wildman–Crippen LogP) is 3.42. The number of carbonyl (C=O) groups is 1. The van der Waals surface area contributed by atoms with Gasteiger partial charge in [-0.15, -0.1) is 6.58 Å². The summed E-state index contributed by atoms with van der Waals surface area (Å²) < 4.78 is 10.5. The van der Waals surface area contributed by atoms with E-state index in [1.807, 2.05) is 4.90 Å². The maximum absolute atomic E-state index is 11.5. The number of hydrogen-bond donors (Lipinski definition) is 0. The number of hydrogen-bond acceptors (Lipinski definition) is 4. The first-order valence-corrected chi connectivity index (χ1v) is 7.39. The molecule has 0 unspecified atom stereocenters. The number of esters is 1. The normalized spacial score (nSPS) is 10.5. The number of carbonyl (C=O) groups excluding carboxylic acids is 1. The summed E-state index contributed by atoms with van der Waals surface area (Å²) in [6, 6.07) is 5.05. The molecule has 0 aliphatic rings. The first-order valence-electron chi connectivity index (χ1n) is 6.63. The van der Waals surface area contributed by atoms with Crippen molar-refractivity contribution in [2.24, 2.45) is 0 Å². The maximum atomic E-state index is 11.5. The van der Waals surface area contributed by atoms with Crippen molar-refractivity contribution in [3.8, 4) is 5.75 Å². The average molecular weight is 332 g/mol. The summed E-state index contributed by atoms with van der Waals surface area (Å²) in [4.78, 5) is 13.4. The van der Waals surface area contributed by atoms with Crippen LogP contribution in [0.3, 0.4) is 0 Å². The topological polar surface area (TPSA) is 38.8 Å². The molecule has 0 aromatic heterocycles. The zero-order chi connectivity index (χ0) is 15.7. The number of nitrogens with zero attached hydrogens (tertiary/aromatic N) is 1. The van der Waals surface area contributed by atoms with Crippen molar-refractivity contribution in [3.63, 3.8) is 0 Å². The fourth-order valence-corrected chi connectivity index (χ4v) is 2.15. The van der Waals surface area contributed by atoms with Crippen LogP contribution in [0.15, 0.2) is 30.9 Å². The Morgan fingerprint density at radius 1 is 1.43 bits per heavy atom. The van der Waals surface area contributed by atoms with Gasteiger partial charge in [-0.25, -0.2) is 0 Å². The Bertz CT molecular complexity index is 480. The van der Waals surface area contributed by atoms with Crippen molar-refractivity contribution in [1.82, 2.24) is 4.90 Å². The van der Waals surface area contributed by atoms with Crippen LogP contribution in [0.5, 0.6) is 5.75 Å². The van der Waals surface area contributed by atoms with Gasteiger partial charge < -0.3 is 9.47 Å². The van der Waals surface area contributed by atoms with E-state index >= 15 is 0 Å². The minimum Gasteiger partial charge on any atom is -0.491 e. The molecule has 0 amide bonds. The second-order valence-corrected chi connectivity index (χ2v) is 5.10. The molecule has 4 nitrogen and oxygen atoms in total. The molecular weight excluding hydrogens is 313 g/mol. The van der Waals surface area contributed by atoms with Crippen molar-refractivity contribution in [2.75, 3.05) is 32.8 Å². The van der Waals surface area contributed by atoms with Crippen LogP contribution >= 0.6 is 23.2 Å². The summed E-state index contributed by atoms with van der Waals surface area (Å²) in [5, 5.41) is 1.02. The van der Waals surface area contributed by atoms with E-state index in [1.54, 1.807) is 31.2 Å². The average Bonchev–Trinajstić information content (AvgIpc) is 2.41. The van der Waals surface area contributed by atoms with Gasteiger partial charge in [-0.2, -0.15) is 0 Å². The van der Waals surface area contributed by atoms with Gasteiger partial charge in [0.15, 0.2) is 0 Å². The molecule has 0 fully saturated rings. The van der Waals surface area contributed by atoms with Crippen LogP contribution in [0.2, 0.25) is 10.0 Å². The van der Waals surface area contributed by atoms with Crippen molar-refractivity contribution in [2.45, 2.75) is 6.92 Å². The Hall–Kier alpha value is -1.23. The summed E-state index contributed by atoms with van der Waals surface area (Å²) in [5.74, 6) is 0.305. The van der Waals surface area contributed by atoms with E-state index in [-0.39, 0.29) is 12.5 Å². The molecule has 0 saturated carbocycles. The van der Waals surface area contributed by atoms with Crippen LogP contribution in [-0.2, 0) is 9.53 Å². The van der Waals surface area contributed by atoms with E-state index < -0.39 is 0 Å². The van der Waals surface area contributed by atoms with E-state index in [4.69, 9.17) is 32.7 Å². The molecular formula is C15H19Cl2NO3. The number of ether oxygens (including phenoxy) is 2. The van der Waals surface area contributed by atoms with Gasteiger partial charge in [0.1, 0.15) is 12.4 Å². The molecule has 6 heteroatoms. The zero-order valence-corrected chi connectivity index (χ0v) is 13.5. The van der Waals surface area contributed by atoms with Crippen LogP contribution in [-0.4, -0.2) is 43.7 Å². The van der Waals surface area contributed by atoms with E-state index in [0.29, 0.717) is 42.1 Å². The molecule has 0 spiro atoms. The molecule has 0 aliphatic heterocycles. The highest BCUT2D eigenvalue weighted by Gasteiger charge is 2.11. The first kappa shape index (κ1) is 17.8. The van der Waals surface area contributed by atoms with Crippen LogP contribution in [0.25, 0.3) is 0 Å². The molecule has 1 rings (SSSR count). The van der Waals surface area contributed by atoms with E-state index in [0.717, 1.165) is 0 Å². The van der Waals surface area contributed by atoms with Gasteiger partial charge in [0.05, 0.1) is 18.2 Å². The third-order valence-electron chi connectivity index (χ3n) is 2.60. The molecule has 0 heterocycles. The summed E-state index contributed by atoms with van der Waals surface area (Å²) >= 11 is 11.8. The summed E-state index contributed by atoms with van der Waals surface area (Å²) in [5.41, 5.74) is 0. The minimum atomic E-state index is -0.260. The van der Waals surface area contributed by atoms with Gasteiger partial charge in [0.25, 0.3) is 0 Å². The fourth-order valence-electron chi connectivity index (χ4n) is 1.68. The minimum absolute atomic E-state index is 0.206. The standard InChI is InChI=1S/C15H19Cl2NO3/c1-3-7-18(11-15(19)20-4-2)8-9-21-14-6-5-12(16)10-13(14)17/h3,5-6,10H,1,4,7-9,11H2,2H3. The molecule has 1 aromatic carbocycles. The Morgan fingerprint density at radius 2 is 2.19 bits per heavy atom. The van der Waals surface area contributed by atoms with E-state index in [1.165, 1.54) is 0 Å². The van der Waals surface area contributed by atoms with Gasteiger partial charge in [0, 0.05) is 18.1 Å². The van der Waals surface area contributed by atoms with Crippen LogP contribution in [0.4, 0.5) is 0 Å². The van der Waals surface area contributed by atoms with Crippen LogP contribution < -0.4 is 4.74 Å². The predicted molar refractivity (Wildman–Crippen MR) is 85.2 cm³/mol. The molecule has 0 radical (unpaired) electrons. The molecule has 0 saturated heterocycles. The van der Waals surface area contributed by atoms with Gasteiger partial charge in [-0.05, 0) is 25.1 Å². The lowest BCUT2D eigenvalue weighted by Crippen LogP contribution is -2.34. The van der Waals surface area contributed by atoms with Gasteiger partial charge in [0.2, 0.25) is 0 Å². The Kier molecular flexibility index (Phi) is 8.20. The summed E-state index contributed by atoms with van der Waals surface area (Å²) in [6.07, 6.45) is 1.73. The summed E-state index contributed by atoms with van der Waals surface area (Å²) in [7, 11) is 0. The van der Waals surface area contributed by atoms with Gasteiger partial charge >= 0.3 is 5.97 Å². The van der Waals surface area contributed by atoms with Gasteiger partial charge in [-0.1, -0.05) is 29.3 Å². The van der Waals surface area contributed by atoms with Crippen LogP contribution in [0.1, 0.15) is 6.92 Å². The third kappa shape index (κ3) is 6.85. The van der Waals surface area contributed by atoms with Crippen LogP contribution in [0, 0.1) is 0 Å². The highest BCUT2D eigenvalue weighted by atomic mass is 35.5. The summed E-state index contributed by atoms with van der Waals surface area (Å²) in [6.45, 7) is 7.57. The van der Waals surface area contributed by atoms with E-state index in [2.05, 4.69) is 6.58 Å². The Morgan fingerprint density at radius 3 is 2.81 bits per heavy atom. The molecule has 0 aliphatic carbocycles. The maximum Gasteiger partial charge on any atom is 0.320 e. The van der Waals surface area contributed by atoms with Crippen molar-refractivity contribution < 1.29 is 14.3 Å². The Labute approximate surface area is 135 Å². The largest absolute Gasteiger partial charge is 0.491 e. The van der Waals surface area contributed by atoms with Crippen molar-refractivity contribution in [3.05, 3.63) is 40.9 Å². The lowest BCUT2D eigenvalue weighted by molar-refractivity contribution is -0.144. The molecule has 116 valence electrons. The highest BCUT2D eigenvalue weighted by molar-refractivity contribution is 6.35. The van der Waals surface area contributed by atoms with Crippen molar-refractivity contribution >= 4 is 29.2 Å². The SMILES string of the molecule is C=CCN(CCOc1ccc(Cl)cc1Cl)CC(=O)OCC. The third-order valence-corrected chi connectivity index (χ3v) is 3.13. The number of benzene rings is 1. The Balaban J connectivity index is 2.45. The molecule has 1 aromatic rings. The van der Waals surface area contributed by atoms with Gasteiger partial charge in [-0.3, -0.25) is 9.69 Å². The quantitative estimate of drug-likeness (QED) is 0.513. The molecule has 0 atom stereocenters. The highest BCUT2D eigenvalue weighted by Crippen LogP contribution is 2.27. The second kappa shape index (κ2) is 9.66. The smallest absolute Gasteiger partial charge is 0.320 e. The van der Waals surface area contributed by atoms with E-state index in [9.17, 15) is 4.79 Å². The molecule has 0 bridgehead atoms. The molecule has 21 heavy (non-hydrogen) atoms. The lowest BCUT2D eigenvalue weighted by atomic mass is 10.3.